The Morgan fingerprint density at radius 2 is 1.16 bits per heavy atom. The largest absolute Gasteiger partial charge is 0.491 e. The summed E-state index contributed by atoms with van der Waals surface area (Å²) in [5.41, 5.74) is 3.23. The molecular formula is C25H24N2O4. The van der Waals surface area contributed by atoms with Gasteiger partial charge < -0.3 is 19.3 Å². The third kappa shape index (κ3) is 7.59. The van der Waals surface area contributed by atoms with Crippen molar-refractivity contribution >= 4 is 11.4 Å². The van der Waals surface area contributed by atoms with Gasteiger partial charge in [0.2, 0.25) is 0 Å². The van der Waals surface area contributed by atoms with Gasteiger partial charge in [-0.05, 0) is 79.7 Å². The molecule has 0 amide bonds. The maximum absolute atomic E-state index is 8.75. The lowest BCUT2D eigenvalue weighted by molar-refractivity contribution is 0.0985. The predicted molar refractivity (Wildman–Crippen MR) is 119 cm³/mol. The first kappa shape index (κ1) is 22.0. The summed E-state index contributed by atoms with van der Waals surface area (Å²) < 4.78 is 15.8. The SMILES string of the molecule is CCOCCOc1ccc(N=Nc2ccc(C#Cc3ccc(OCO)cc3)cc2)cc1. The lowest BCUT2D eigenvalue weighted by atomic mass is 10.1. The maximum atomic E-state index is 8.75. The molecule has 0 unspecified atom stereocenters. The highest BCUT2D eigenvalue weighted by molar-refractivity contribution is 5.48. The molecule has 1 N–H and O–H groups in total. The summed E-state index contributed by atoms with van der Waals surface area (Å²) in [5, 5.41) is 17.3. The minimum Gasteiger partial charge on any atom is -0.491 e. The van der Waals surface area contributed by atoms with Crippen LogP contribution in [0, 0.1) is 11.8 Å². The molecule has 0 radical (unpaired) electrons. The number of rotatable bonds is 9. The van der Waals surface area contributed by atoms with Crippen molar-refractivity contribution in [1.29, 1.82) is 0 Å². The van der Waals surface area contributed by atoms with Crippen LogP contribution in [0.4, 0.5) is 11.4 Å². The monoisotopic (exact) mass is 416 g/mol. The van der Waals surface area contributed by atoms with E-state index in [4.69, 9.17) is 19.3 Å². The van der Waals surface area contributed by atoms with Crippen LogP contribution in [-0.2, 0) is 4.74 Å². The highest BCUT2D eigenvalue weighted by Crippen LogP contribution is 2.21. The van der Waals surface area contributed by atoms with E-state index in [0.717, 1.165) is 28.3 Å². The highest BCUT2D eigenvalue weighted by Gasteiger charge is 1.96. The zero-order valence-electron chi connectivity index (χ0n) is 17.3. The second kappa shape index (κ2) is 12.1. The van der Waals surface area contributed by atoms with Crippen LogP contribution in [0.25, 0.3) is 0 Å². The summed E-state index contributed by atoms with van der Waals surface area (Å²) in [4.78, 5) is 0. The smallest absolute Gasteiger partial charge is 0.186 e. The standard InChI is InChI=1S/C25H24N2O4/c1-2-29-17-18-30-24-15-11-23(12-16-24)27-26-22-9-5-20(6-10-22)3-4-21-7-13-25(14-8-21)31-19-28/h5-16,28H,2,17-19H2,1H3. The topological polar surface area (TPSA) is 72.6 Å². The summed E-state index contributed by atoms with van der Waals surface area (Å²) >= 11 is 0. The number of ether oxygens (including phenoxy) is 3. The molecule has 0 atom stereocenters. The number of hydrogen-bond acceptors (Lipinski definition) is 6. The van der Waals surface area contributed by atoms with Crippen LogP contribution >= 0.6 is 0 Å². The minimum atomic E-state index is -0.344. The normalized spacial score (nSPS) is 10.5. The number of azo groups is 1. The van der Waals surface area contributed by atoms with E-state index in [1.807, 2.05) is 67.6 Å². The van der Waals surface area contributed by atoms with E-state index in [-0.39, 0.29) is 6.79 Å². The Hall–Kier alpha value is -3.66. The van der Waals surface area contributed by atoms with Gasteiger partial charge in [0, 0.05) is 17.7 Å². The molecule has 31 heavy (non-hydrogen) atoms. The van der Waals surface area contributed by atoms with E-state index >= 15 is 0 Å². The number of aliphatic hydroxyl groups is 1. The summed E-state index contributed by atoms with van der Waals surface area (Å²) in [6.45, 7) is 3.39. The van der Waals surface area contributed by atoms with Crippen LogP contribution in [0.5, 0.6) is 11.5 Å². The first-order valence-electron chi connectivity index (χ1n) is 9.95. The maximum Gasteiger partial charge on any atom is 0.186 e. The molecule has 0 aliphatic carbocycles. The molecule has 3 aromatic carbocycles. The zero-order chi connectivity index (χ0) is 21.7. The predicted octanol–water partition coefficient (Wildman–Crippen LogP) is 5.25. The Labute approximate surface area is 182 Å². The molecule has 0 aliphatic rings. The van der Waals surface area contributed by atoms with Gasteiger partial charge in [-0.2, -0.15) is 10.2 Å². The van der Waals surface area contributed by atoms with E-state index in [2.05, 4.69) is 22.1 Å². The first-order valence-corrected chi connectivity index (χ1v) is 9.95. The quantitative estimate of drug-likeness (QED) is 0.224. The van der Waals surface area contributed by atoms with Crippen LogP contribution in [0.2, 0.25) is 0 Å². The van der Waals surface area contributed by atoms with Crippen LogP contribution in [0.3, 0.4) is 0 Å². The Kier molecular flexibility index (Phi) is 8.62. The van der Waals surface area contributed by atoms with Crippen LogP contribution < -0.4 is 9.47 Å². The van der Waals surface area contributed by atoms with Gasteiger partial charge in [0.25, 0.3) is 0 Å². The zero-order valence-corrected chi connectivity index (χ0v) is 17.3. The molecule has 0 bridgehead atoms. The van der Waals surface area contributed by atoms with Gasteiger partial charge in [0.15, 0.2) is 6.79 Å². The van der Waals surface area contributed by atoms with Crippen molar-refractivity contribution in [2.75, 3.05) is 26.6 Å². The number of nitrogens with zero attached hydrogens (tertiary/aromatic N) is 2. The van der Waals surface area contributed by atoms with Crippen molar-refractivity contribution in [2.24, 2.45) is 10.2 Å². The Morgan fingerprint density at radius 3 is 1.71 bits per heavy atom. The molecule has 0 aliphatic heterocycles. The number of benzene rings is 3. The third-order valence-corrected chi connectivity index (χ3v) is 4.12. The molecule has 0 aromatic heterocycles. The van der Waals surface area contributed by atoms with Crippen molar-refractivity contribution in [2.45, 2.75) is 6.92 Å². The van der Waals surface area contributed by atoms with Crippen molar-refractivity contribution in [3.05, 3.63) is 83.9 Å². The second-order valence-corrected chi connectivity index (χ2v) is 6.33. The van der Waals surface area contributed by atoms with E-state index < -0.39 is 0 Å². The van der Waals surface area contributed by atoms with Gasteiger partial charge in [-0.25, -0.2) is 0 Å². The lowest BCUT2D eigenvalue weighted by Crippen LogP contribution is -2.05. The average Bonchev–Trinajstić information content (AvgIpc) is 2.82. The molecule has 0 heterocycles. The van der Waals surface area contributed by atoms with E-state index in [1.165, 1.54) is 0 Å². The van der Waals surface area contributed by atoms with Crippen molar-refractivity contribution in [3.63, 3.8) is 0 Å². The van der Waals surface area contributed by atoms with Gasteiger partial charge in [-0.3, -0.25) is 0 Å². The molecular weight excluding hydrogens is 392 g/mol. The molecule has 3 aromatic rings. The lowest BCUT2D eigenvalue weighted by Gasteiger charge is -2.05. The molecule has 0 fully saturated rings. The summed E-state index contributed by atoms with van der Waals surface area (Å²) in [6, 6.07) is 22.2. The van der Waals surface area contributed by atoms with Crippen molar-refractivity contribution in [3.8, 4) is 23.3 Å². The fourth-order valence-corrected chi connectivity index (χ4v) is 2.55. The van der Waals surface area contributed by atoms with E-state index in [9.17, 15) is 0 Å². The highest BCUT2D eigenvalue weighted by atomic mass is 16.6. The number of hydrogen-bond donors (Lipinski definition) is 1. The van der Waals surface area contributed by atoms with Gasteiger partial charge in [0.05, 0.1) is 18.0 Å². The van der Waals surface area contributed by atoms with Crippen molar-refractivity contribution < 1.29 is 19.3 Å². The van der Waals surface area contributed by atoms with Crippen LogP contribution in [0.15, 0.2) is 83.0 Å². The van der Waals surface area contributed by atoms with Crippen molar-refractivity contribution in [1.82, 2.24) is 0 Å². The second-order valence-electron chi connectivity index (χ2n) is 6.33. The van der Waals surface area contributed by atoms with Crippen LogP contribution in [0.1, 0.15) is 18.1 Å². The fraction of sp³-hybridized carbons (Fsp3) is 0.200. The molecule has 0 spiro atoms. The molecule has 158 valence electrons. The van der Waals surface area contributed by atoms with E-state index in [1.54, 1.807) is 12.1 Å². The summed E-state index contributed by atoms with van der Waals surface area (Å²) in [5.74, 6) is 7.58. The Balaban J connectivity index is 1.54. The van der Waals surface area contributed by atoms with Crippen LogP contribution in [-0.4, -0.2) is 31.7 Å². The summed E-state index contributed by atoms with van der Waals surface area (Å²) in [7, 11) is 0. The molecule has 6 heteroatoms. The Bertz CT molecular complexity index is 1020. The Morgan fingerprint density at radius 1 is 0.677 bits per heavy atom. The van der Waals surface area contributed by atoms with Gasteiger partial charge in [-0.15, -0.1) is 0 Å². The first-order chi connectivity index (χ1) is 15.3. The third-order valence-electron chi connectivity index (χ3n) is 4.12. The molecule has 0 saturated heterocycles. The molecule has 6 nitrogen and oxygen atoms in total. The van der Waals surface area contributed by atoms with Gasteiger partial charge >= 0.3 is 0 Å². The van der Waals surface area contributed by atoms with E-state index in [0.29, 0.717) is 25.6 Å². The van der Waals surface area contributed by atoms with Gasteiger partial charge in [0.1, 0.15) is 18.1 Å². The fourth-order valence-electron chi connectivity index (χ4n) is 2.55. The average molecular weight is 416 g/mol. The molecule has 0 saturated carbocycles. The summed E-state index contributed by atoms with van der Waals surface area (Å²) in [6.07, 6.45) is 0. The minimum absolute atomic E-state index is 0.344. The molecule has 3 rings (SSSR count). The number of aliphatic hydroxyl groups excluding tert-OH is 1. The van der Waals surface area contributed by atoms with Gasteiger partial charge in [-0.1, -0.05) is 11.8 Å².